The van der Waals surface area contributed by atoms with Gasteiger partial charge in [-0.3, -0.25) is 9.59 Å². The van der Waals surface area contributed by atoms with Gasteiger partial charge in [0.2, 0.25) is 11.8 Å². The molecule has 0 bridgehead atoms. The largest absolute Gasteiger partial charge is 0.367 e. The lowest BCUT2D eigenvalue weighted by Crippen LogP contribution is -2.37. The van der Waals surface area contributed by atoms with E-state index in [1.807, 2.05) is 66.4 Å². The molecule has 212 valence electrons. The molecule has 0 radical (unpaired) electrons. The van der Waals surface area contributed by atoms with Gasteiger partial charge in [0.25, 0.3) is 0 Å². The number of hydroxylamine groups is 1. The van der Waals surface area contributed by atoms with Crippen LogP contribution in [0.2, 0.25) is 0 Å². The van der Waals surface area contributed by atoms with Gasteiger partial charge < -0.3 is 14.8 Å². The van der Waals surface area contributed by atoms with Gasteiger partial charge in [-0.05, 0) is 66.8 Å². The smallest absolute Gasteiger partial charge is 0.250 e. The summed E-state index contributed by atoms with van der Waals surface area (Å²) in [6.07, 6.45) is 6.09. The minimum atomic E-state index is -0.357. The number of hydrogen-bond acceptors (Lipinski definition) is 7. The molecular formula is C31H36N2O5S2. The molecule has 2 fully saturated rings. The predicted octanol–water partition coefficient (Wildman–Crippen LogP) is 6.65. The van der Waals surface area contributed by atoms with Gasteiger partial charge in [0.1, 0.15) is 6.61 Å². The Hall–Kier alpha value is -2.69. The SMILES string of the molecule is O=C(C[C@]1(c2ccc(-c3cccc(NC(=O)COCc4ccccc4)c3)s2)CCCCS1)NOC1CCCCO1. The zero-order valence-corrected chi connectivity index (χ0v) is 24.2. The molecule has 0 spiro atoms. The minimum Gasteiger partial charge on any atom is -0.367 e. The fraction of sp³-hybridized carbons (Fsp3) is 0.419. The Kier molecular flexibility index (Phi) is 10.3. The fourth-order valence-corrected chi connectivity index (χ4v) is 7.91. The first-order chi connectivity index (χ1) is 19.6. The molecule has 7 nitrogen and oxygen atoms in total. The van der Waals surface area contributed by atoms with E-state index in [1.165, 1.54) is 4.88 Å². The third-order valence-electron chi connectivity index (χ3n) is 7.07. The van der Waals surface area contributed by atoms with E-state index in [0.29, 0.717) is 19.6 Å². The van der Waals surface area contributed by atoms with E-state index in [-0.39, 0.29) is 29.5 Å². The Morgan fingerprint density at radius 1 is 0.975 bits per heavy atom. The third kappa shape index (κ3) is 7.95. The Morgan fingerprint density at radius 3 is 2.67 bits per heavy atom. The number of thioether (sulfide) groups is 1. The van der Waals surface area contributed by atoms with Crippen molar-refractivity contribution < 1.29 is 23.9 Å². The van der Waals surface area contributed by atoms with Gasteiger partial charge >= 0.3 is 0 Å². The summed E-state index contributed by atoms with van der Waals surface area (Å²) in [5.41, 5.74) is 5.44. The maximum atomic E-state index is 13.0. The normalized spacial score (nSPS) is 21.1. The second-order valence-electron chi connectivity index (χ2n) is 10.2. The molecule has 2 atom stereocenters. The van der Waals surface area contributed by atoms with Crippen molar-refractivity contribution in [2.75, 3.05) is 24.3 Å². The molecule has 2 aromatic carbocycles. The van der Waals surface area contributed by atoms with Crippen molar-refractivity contribution in [1.29, 1.82) is 0 Å². The maximum Gasteiger partial charge on any atom is 0.250 e. The van der Waals surface area contributed by atoms with E-state index in [2.05, 4.69) is 22.9 Å². The van der Waals surface area contributed by atoms with E-state index >= 15 is 0 Å². The fourth-order valence-electron chi connectivity index (χ4n) is 5.03. The molecule has 0 aliphatic carbocycles. The number of benzene rings is 2. The molecule has 1 aromatic heterocycles. The van der Waals surface area contributed by atoms with Gasteiger partial charge in [-0.25, -0.2) is 10.3 Å². The molecule has 3 aromatic rings. The lowest BCUT2D eigenvalue weighted by molar-refractivity contribution is -0.200. The number of carbonyl (C=O) groups is 2. The summed E-state index contributed by atoms with van der Waals surface area (Å²) in [6, 6.07) is 21.9. The third-order valence-corrected chi connectivity index (χ3v) is 10.2. The van der Waals surface area contributed by atoms with Crippen molar-refractivity contribution in [1.82, 2.24) is 5.48 Å². The average Bonchev–Trinajstić information content (AvgIpc) is 3.49. The summed E-state index contributed by atoms with van der Waals surface area (Å²) in [5, 5.41) is 2.94. The van der Waals surface area contributed by atoms with Crippen LogP contribution < -0.4 is 10.8 Å². The van der Waals surface area contributed by atoms with Crippen LogP contribution in [0, 0.1) is 0 Å². The highest BCUT2D eigenvalue weighted by molar-refractivity contribution is 8.00. The number of thiophene rings is 1. The number of rotatable bonds is 11. The van der Waals surface area contributed by atoms with Crippen LogP contribution in [0.3, 0.4) is 0 Å². The summed E-state index contributed by atoms with van der Waals surface area (Å²) in [4.78, 5) is 33.3. The molecule has 2 saturated heterocycles. The summed E-state index contributed by atoms with van der Waals surface area (Å²) < 4.78 is 10.9. The lowest BCUT2D eigenvalue weighted by Gasteiger charge is -2.35. The second-order valence-corrected chi connectivity index (χ2v) is 12.7. The van der Waals surface area contributed by atoms with Gasteiger partial charge in [0.15, 0.2) is 6.29 Å². The van der Waals surface area contributed by atoms with Gasteiger partial charge in [0, 0.05) is 34.9 Å². The molecule has 1 unspecified atom stereocenters. The Morgan fingerprint density at radius 2 is 1.88 bits per heavy atom. The van der Waals surface area contributed by atoms with Crippen LogP contribution in [-0.2, 0) is 35.3 Å². The Balaban J connectivity index is 1.20. The number of nitrogens with one attached hydrogen (secondary N) is 2. The van der Waals surface area contributed by atoms with Gasteiger partial charge in [-0.15, -0.1) is 23.1 Å². The van der Waals surface area contributed by atoms with Crippen LogP contribution in [0.15, 0.2) is 66.7 Å². The zero-order chi connectivity index (χ0) is 27.6. The van der Waals surface area contributed by atoms with E-state index < -0.39 is 0 Å². The van der Waals surface area contributed by atoms with Crippen molar-refractivity contribution in [3.05, 3.63) is 77.2 Å². The molecule has 2 amide bonds. The van der Waals surface area contributed by atoms with Crippen molar-refractivity contribution >= 4 is 40.6 Å². The quantitative estimate of drug-likeness (QED) is 0.247. The van der Waals surface area contributed by atoms with Crippen molar-refractivity contribution in [2.45, 2.75) is 62.6 Å². The maximum absolute atomic E-state index is 13.0. The summed E-state index contributed by atoms with van der Waals surface area (Å²) in [7, 11) is 0. The first-order valence-electron chi connectivity index (χ1n) is 13.9. The number of hydrogen-bond donors (Lipinski definition) is 2. The van der Waals surface area contributed by atoms with Crippen LogP contribution >= 0.6 is 23.1 Å². The van der Waals surface area contributed by atoms with Crippen LogP contribution in [0.5, 0.6) is 0 Å². The van der Waals surface area contributed by atoms with Gasteiger partial charge in [0.05, 0.1) is 11.4 Å². The van der Waals surface area contributed by atoms with Crippen molar-refractivity contribution in [3.63, 3.8) is 0 Å². The lowest BCUT2D eigenvalue weighted by atomic mass is 9.94. The monoisotopic (exact) mass is 580 g/mol. The first-order valence-corrected chi connectivity index (χ1v) is 15.7. The number of anilines is 1. The van der Waals surface area contributed by atoms with E-state index in [4.69, 9.17) is 14.3 Å². The van der Waals surface area contributed by atoms with Crippen LogP contribution in [0.4, 0.5) is 5.69 Å². The van der Waals surface area contributed by atoms with Crippen LogP contribution in [0.1, 0.15) is 55.4 Å². The highest BCUT2D eigenvalue weighted by Gasteiger charge is 2.38. The molecule has 5 rings (SSSR count). The topological polar surface area (TPSA) is 85.9 Å². The molecule has 2 N–H and O–H groups in total. The second kappa shape index (κ2) is 14.3. The standard InChI is InChI=1S/C31H36N2O5S2/c34-28(33-38-30-13-4-6-17-37-30)20-31(16-5-7-18-39-31)27-15-14-26(40-27)24-11-8-12-25(19-24)32-29(35)22-36-21-23-9-2-1-3-10-23/h1-3,8-12,14-15,19,30H,4-7,13,16-18,20-22H2,(H,32,35)(H,33,34)/t30?,31-/m0/s1. The summed E-state index contributed by atoms with van der Waals surface area (Å²) in [5.74, 6) is 0.725. The molecule has 2 aliphatic heterocycles. The first kappa shape index (κ1) is 28.8. The van der Waals surface area contributed by atoms with E-state index in [0.717, 1.165) is 66.0 Å². The summed E-state index contributed by atoms with van der Waals surface area (Å²) >= 11 is 3.59. The average molecular weight is 581 g/mol. The highest BCUT2D eigenvalue weighted by Crippen LogP contribution is 2.51. The molecular weight excluding hydrogens is 544 g/mol. The van der Waals surface area contributed by atoms with E-state index in [1.54, 1.807) is 11.3 Å². The summed E-state index contributed by atoms with van der Waals surface area (Å²) in [6.45, 7) is 1.05. The number of amides is 2. The molecule has 9 heteroatoms. The number of carbonyl (C=O) groups excluding carboxylic acids is 2. The van der Waals surface area contributed by atoms with Crippen molar-refractivity contribution in [2.24, 2.45) is 0 Å². The number of ether oxygens (including phenoxy) is 2. The molecule has 40 heavy (non-hydrogen) atoms. The van der Waals surface area contributed by atoms with E-state index in [9.17, 15) is 9.59 Å². The zero-order valence-electron chi connectivity index (χ0n) is 22.6. The Labute approximate surface area is 243 Å². The molecule has 0 saturated carbocycles. The van der Waals surface area contributed by atoms with Crippen LogP contribution in [0.25, 0.3) is 10.4 Å². The van der Waals surface area contributed by atoms with Crippen molar-refractivity contribution in [3.8, 4) is 10.4 Å². The highest BCUT2D eigenvalue weighted by atomic mass is 32.2. The molecule has 3 heterocycles. The minimum absolute atomic E-state index is 0.0132. The molecule has 2 aliphatic rings. The predicted molar refractivity (Wildman–Crippen MR) is 160 cm³/mol. The van der Waals surface area contributed by atoms with Gasteiger partial charge in [-0.1, -0.05) is 48.9 Å². The van der Waals surface area contributed by atoms with Crippen LogP contribution in [-0.4, -0.2) is 37.1 Å². The van der Waals surface area contributed by atoms with Gasteiger partial charge in [-0.2, -0.15) is 0 Å². The Bertz CT molecular complexity index is 1250.